The van der Waals surface area contributed by atoms with Gasteiger partial charge in [0, 0.05) is 51.9 Å². The van der Waals surface area contributed by atoms with Crippen LogP contribution in [0.5, 0.6) is 23.0 Å². The summed E-state index contributed by atoms with van der Waals surface area (Å²) in [6.07, 6.45) is 0. The first-order valence-corrected chi connectivity index (χ1v) is 12.8. The van der Waals surface area contributed by atoms with Crippen LogP contribution in [0.25, 0.3) is 0 Å². The van der Waals surface area contributed by atoms with Gasteiger partial charge in [0.1, 0.15) is 11.5 Å². The molecule has 6 rings (SSSR count). The second kappa shape index (κ2) is 8.78. The molecule has 0 aliphatic carbocycles. The summed E-state index contributed by atoms with van der Waals surface area (Å²) >= 11 is 3.64. The van der Waals surface area contributed by atoms with Crippen LogP contribution < -0.4 is 29.2 Å². The van der Waals surface area contributed by atoms with E-state index in [-0.39, 0.29) is 30.5 Å². The number of methoxy groups -OCH3 is 4. The smallest absolute Gasteiger partial charge is 0.161 e. The van der Waals surface area contributed by atoms with Crippen LogP contribution in [0.15, 0.2) is 46.9 Å². The van der Waals surface area contributed by atoms with E-state index in [1.54, 1.807) is 28.4 Å². The fourth-order valence-electron chi connectivity index (χ4n) is 6.34. The van der Waals surface area contributed by atoms with Crippen molar-refractivity contribution in [1.29, 1.82) is 0 Å². The minimum Gasteiger partial charge on any atom is -0.497 e. The van der Waals surface area contributed by atoms with Crippen molar-refractivity contribution in [3.8, 4) is 23.0 Å². The summed E-state index contributed by atoms with van der Waals surface area (Å²) in [6, 6.07) is 14.6. The van der Waals surface area contributed by atoms with Crippen LogP contribution >= 0.6 is 15.9 Å². The van der Waals surface area contributed by atoms with Crippen molar-refractivity contribution in [3.05, 3.63) is 69.2 Å². The van der Waals surface area contributed by atoms with E-state index in [9.17, 15) is 5.11 Å². The van der Waals surface area contributed by atoms with E-state index in [1.807, 2.05) is 12.1 Å². The Morgan fingerprint density at radius 3 is 2.28 bits per heavy atom. The van der Waals surface area contributed by atoms with Gasteiger partial charge in [-0.1, -0.05) is 22.0 Å². The lowest BCUT2D eigenvalue weighted by molar-refractivity contribution is 0.252. The summed E-state index contributed by atoms with van der Waals surface area (Å²) in [5.41, 5.74) is 6.75. The third kappa shape index (κ3) is 3.27. The number of ether oxygens (including phenoxy) is 4. The molecule has 3 aromatic rings. The van der Waals surface area contributed by atoms with Gasteiger partial charge < -0.3 is 34.3 Å². The predicted octanol–water partition coefficient (Wildman–Crippen LogP) is 5.38. The molecular weight excluding hydrogens is 524 g/mol. The van der Waals surface area contributed by atoms with Gasteiger partial charge in [-0.25, -0.2) is 0 Å². The summed E-state index contributed by atoms with van der Waals surface area (Å²) in [5, 5.41) is 14.3. The zero-order chi connectivity index (χ0) is 25.1. The average Bonchev–Trinajstić information content (AvgIpc) is 3.28. The van der Waals surface area contributed by atoms with Gasteiger partial charge in [0.2, 0.25) is 0 Å². The van der Waals surface area contributed by atoms with Gasteiger partial charge in [0.25, 0.3) is 0 Å². The Morgan fingerprint density at radius 2 is 1.61 bits per heavy atom. The van der Waals surface area contributed by atoms with Crippen molar-refractivity contribution < 1.29 is 24.1 Å². The largest absolute Gasteiger partial charge is 0.497 e. The highest BCUT2D eigenvalue weighted by atomic mass is 79.9. The fraction of sp³-hybridized carbons (Fsp3) is 0.357. The number of aliphatic hydroxyl groups is 1. The number of aliphatic hydroxyl groups excluding tert-OH is 1. The minimum atomic E-state index is -0.0867. The molecule has 0 fully saturated rings. The maximum absolute atomic E-state index is 10.5. The third-order valence-electron chi connectivity index (χ3n) is 7.88. The lowest BCUT2D eigenvalue weighted by Crippen LogP contribution is -2.46. The van der Waals surface area contributed by atoms with Crippen molar-refractivity contribution in [2.75, 3.05) is 51.8 Å². The van der Waals surface area contributed by atoms with Gasteiger partial charge in [-0.3, -0.25) is 0 Å². The van der Waals surface area contributed by atoms with E-state index in [0.29, 0.717) is 18.0 Å². The molecule has 3 aliphatic heterocycles. The normalized spacial score (nSPS) is 22.9. The molecule has 0 spiro atoms. The van der Waals surface area contributed by atoms with Crippen molar-refractivity contribution >= 4 is 27.3 Å². The van der Waals surface area contributed by atoms with Crippen LogP contribution in [0.3, 0.4) is 0 Å². The number of fused-ring (bicyclic) bond motifs is 10. The molecule has 7 nitrogen and oxygen atoms in total. The van der Waals surface area contributed by atoms with Crippen LogP contribution in [0.4, 0.5) is 11.4 Å². The summed E-state index contributed by atoms with van der Waals surface area (Å²) in [7, 11) is 6.68. The fourth-order valence-corrected chi connectivity index (χ4v) is 6.70. The van der Waals surface area contributed by atoms with Gasteiger partial charge in [-0.05, 0) is 41.0 Å². The van der Waals surface area contributed by atoms with Crippen LogP contribution in [-0.4, -0.2) is 46.7 Å². The zero-order valence-electron chi connectivity index (χ0n) is 20.7. The highest BCUT2D eigenvalue weighted by Gasteiger charge is 2.51. The van der Waals surface area contributed by atoms with Gasteiger partial charge in [0.05, 0.1) is 47.1 Å². The maximum atomic E-state index is 10.5. The number of nitrogens with one attached hydrogen (secondary N) is 1. The Bertz CT molecular complexity index is 1350. The van der Waals surface area contributed by atoms with Crippen molar-refractivity contribution in [3.63, 3.8) is 0 Å². The van der Waals surface area contributed by atoms with Gasteiger partial charge in [-0.2, -0.15) is 0 Å². The van der Waals surface area contributed by atoms with Crippen molar-refractivity contribution in [1.82, 2.24) is 0 Å². The van der Waals surface area contributed by atoms with E-state index in [4.69, 9.17) is 18.9 Å². The first-order valence-electron chi connectivity index (χ1n) is 12.0. The van der Waals surface area contributed by atoms with Crippen molar-refractivity contribution in [2.24, 2.45) is 0 Å². The second-order valence-electron chi connectivity index (χ2n) is 9.45. The topological polar surface area (TPSA) is 72.4 Å². The number of rotatable bonds is 5. The van der Waals surface area contributed by atoms with E-state index in [1.165, 1.54) is 5.56 Å². The highest BCUT2D eigenvalue weighted by Crippen LogP contribution is 2.63. The standard InChI is InChI=1S/C28H29BrN2O5/c1-33-16-8-21-26(24(9-16)36-4)27-25(17-6-5-15(29)7-20(17)30-27)28-19-11-23(35-3)22(34-2)10-18(19)14(13-32)12-31(21)28/h5-11,14,25,27-28,30,32H,12-13H2,1-4H3/t14-,25+,27-,28+/m1/s1. The van der Waals surface area contributed by atoms with E-state index in [2.05, 4.69) is 56.5 Å². The molecule has 0 saturated heterocycles. The third-order valence-corrected chi connectivity index (χ3v) is 8.37. The summed E-state index contributed by atoms with van der Waals surface area (Å²) in [5.74, 6) is 2.90. The molecule has 2 N–H and O–H groups in total. The van der Waals surface area contributed by atoms with Gasteiger partial charge in [-0.15, -0.1) is 0 Å². The number of hydrogen-bond donors (Lipinski definition) is 2. The second-order valence-corrected chi connectivity index (χ2v) is 10.4. The van der Waals surface area contributed by atoms with E-state index < -0.39 is 0 Å². The molecule has 3 heterocycles. The number of hydrogen-bond acceptors (Lipinski definition) is 7. The maximum Gasteiger partial charge on any atom is 0.161 e. The molecule has 0 bridgehead atoms. The molecule has 0 unspecified atom stereocenters. The molecular formula is C28H29BrN2O5. The molecule has 0 saturated carbocycles. The molecule has 0 amide bonds. The summed E-state index contributed by atoms with van der Waals surface area (Å²) in [6.45, 7) is 0.681. The number of benzene rings is 3. The Hall–Kier alpha value is -3.10. The SMILES string of the molecule is COc1cc(OC)c2c(c1)N1C[C@H](CO)c3cc(OC)c(OC)cc3[C@H]1[C@H]1c3ccc(Br)cc3N[C@@H]21. The predicted molar refractivity (Wildman–Crippen MR) is 142 cm³/mol. The lowest BCUT2D eigenvalue weighted by atomic mass is 9.71. The number of anilines is 2. The Labute approximate surface area is 219 Å². The quantitative estimate of drug-likeness (QED) is 0.440. The molecule has 0 radical (unpaired) electrons. The Kier molecular flexibility index (Phi) is 5.68. The van der Waals surface area contributed by atoms with Crippen molar-refractivity contribution in [2.45, 2.75) is 23.9 Å². The molecule has 0 aromatic heterocycles. The molecule has 8 heteroatoms. The summed E-state index contributed by atoms with van der Waals surface area (Å²) in [4.78, 5) is 2.41. The zero-order valence-corrected chi connectivity index (χ0v) is 22.3. The molecule has 3 aromatic carbocycles. The first-order chi connectivity index (χ1) is 17.5. The molecule has 4 atom stereocenters. The highest BCUT2D eigenvalue weighted by molar-refractivity contribution is 9.10. The molecule has 36 heavy (non-hydrogen) atoms. The lowest BCUT2D eigenvalue weighted by Gasteiger charge is -2.50. The summed E-state index contributed by atoms with van der Waals surface area (Å²) < 4.78 is 24.0. The Morgan fingerprint density at radius 1 is 0.889 bits per heavy atom. The van der Waals surface area contributed by atoms with Crippen LogP contribution in [-0.2, 0) is 0 Å². The van der Waals surface area contributed by atoms with Crippen LogP contribution in [0.1, 0.15) is 46.2 Å². The first kappa shape index (κ1) is 23.3. The number of nitrogens with zero attached hydrogens (tertiary/aromatic N) is 1. The number of halogens is 1. The van der Waals surface area contributed by atoms with E-state index >= 15 is 0 Å². The van der Waals surface area contributed by atoms with Gasteiger partial charge >= 0.3 is 0 Å². The average molecular weight is 553 g/mol. The monoisotopic (exact) mass is 552 g/mol. The molecule has 3 aliphatic rings. The minimum absolute atomic E-state index is 0.00182. The van der Waals surface area contributed by atoms with Crippen LogP contribution in [0, 0.1) is 0 Å². The van der Waals surface area contributed by atoms with E-state index in [0.717, 1.165) is 44.0 Å². The van der Waals surface area contributed by atoms with Gasteiger partial charge in [0.15, 0.2) is 11.5 Å². The molecule has 188 valence electrons. The Balaban J connectivity index is 1.65. The van der Waals surface area contributed by atoms with Crippen LogP contribution in [0.2, 0.25) is 0 Å².